The van der Waals surface area contributed by atoms with Crippen LogP contribution in [-0.2, 0) is 18.6 Å². The molecule has 4 rings (SSSR count). The molecule has 1 aromatic heterocycles. The van der Waals surface area contributed by atoms with Gasteiger partial charge in [-0.25, -0.2) is 4.79 Å². The molecule has 0 spiro atoms. The second-order valence-electron chi connectivity index (χ2n) is 11.0. The average molecular weight is 553 g/mol. The van der Waals surface area contributed by atoms with E-state index < -0.39 is 38.2 Å². The summed E-state index contributed by atoms with van der Waals surface area (Å²) in [6, 6.07) is 20.8. The van der Waals surface area contributed by atoms with E-state index in [0.29, 0.717) is 18.6 Å². The minimum atomic E-state index is -2.81. The van der Waals surface area contributed by atoms with Gasteiger partial charge in [0.2, 0.25) is 0 Å². The molecule has 0 amide bonds. The van der Waals surface area contributed by atoms with Gasteiger partial charge in [-0.15, -0.1) is 0 Å². The van der Waals surface area contributed by atoms with Gasteiger partial charge in [-0.05, 0) is 36.2 Å². The van der Waals surface area contributed by atoms with Gasteiger partial charge in [0.05, 0.1) is 12.7 Å². The van der Waals surface area contributed by atoms with Crippen LogP contribution < -0.4 is 21.6 Å². The third kappa shape index (κ3) is 6.18. The van der Waals surface area contributed by atoms with Crippen molar-refractivity contribution in [2.75, 3.05) is 13.2 Å². The summed E-state index contributed by atoms with van der Waals surface area (Å²) in [6.45, 7) is 12.9. The zero-order valence-corrected chi connectivity index (χ0v) is 24.7. The monoisotopic (exact) mass is 552 g/mol. The maximum atomic E-state index is 12.7. The lowest BCUT2D eigenvalue weighted by molar-refractivity contribution is -0.172. The van der Waals surface area contributed by atoms with E-state index in [9.17, 15) is 9.59 Å². The molecule has 0 saturated carbocycles. The molecule has 3 aromatic rings. The van der Waals surface area contributed by atoms with Gasteiger partial charge in [0.15, 0.2) is 6.29 Å². The molecule has 2 heterocycles. The van der Waals surface area contributed by atoms with E-state index in [2.05, 4.69) is 74.3 Å². The minimum absolute atomic E-state index is 0.199. The summed E-state index contributed by atoms with van der Waals surface area (Å²) in [6.07, 6.45) is 0.0524. The molecule has 1 unspecified atom stereocenters. The van der Waals surface area contributed by atoms with Crippen molar-refractivity contribution in [3.05, 3.63) is 93.3 Å². The molecule has 0 radical (unpaired) electrons. The maximum absolute atomic E-state index is 12.7. The highest BCUT2D eigenvalue weighted by atomic mass is 28.4. The van der Waals surface area contributed by atoms with Crippen LogP contribution in [0.2, 0.25) is 5.04 Å². The molecule has 4 atom stereocenters. The Labute approximate surface area is 231 Å². The van der Waals surface area contributed by atoms with Crippen LogP contribution >= 0.6 is 0 Å². The van der Waals surface area contributed by atoms with Crippen molar-refractivity contribution in [2.24, 2.45) is 0 Å². The standard InChI is InChI=1S/C30H40N2O6Si/c1-7-35-22(3)37-25-18-27(32-19-21(2)28(33)31-29(32)34)38-26(25)20-36-39(30(4,5)6,23-14-10-8-11-15-23)24-16-12-9-13-17-24/h8-17,19,22,25-27H,7,18,20H2,1-6H3,(H,31,33,34)/t22-,25?,26+,27+/m0/s1. The van der Waals surface area contributed by atoms with Crippen LogP contribution in [-0.4, -0.2) is 49.6 Å². The van der Waals surface area contributed by atoms with Crippen LogP contribution in [0.3, 0.4) is 0 Å². The van der Waals surface area contributed by atoms with E-state index in [0.717, 1.165) is 0 Å². The lowest BCUT2D eigenvalue weighted by Crippen LogP contribution is -2.67. The zero-order chi connectivity index (χ0) is 28.2. The predicted molar refractivity (Wildman–Crippen MR) is 154 cm³/mol. The van der Waals surface area contributed by atoms with Crippen LogP contribution in [0.5, 0.6) is 0 Å². The predicted octanol–water partition coefficient (Wildman–Crippen LogP) is 3.48. The number of ether oxygens (including phenoxy) is 3. The first-order valence-corrected chi connectivity index (χ1v) is 15.5. The number of aromatic nitrogens is 2. The van der Waals surface area contributed by atoms with Crippen molar-refractivity contribution in [1.29, 1.82) is 0 Å². The molecule has 1 fully saturated rings. The van der Waals surface area contributed by atoms with Crippen LogP contribution in [0.1, 0.15) is 52.8 Å². The Kier molecular flexibility index (Phi) is 9.08. The van der Waals surface area contributed by atoms with E-state index in [1.807, 2.05) is 26.0 Å². The highest BCUT2D eigenvalue weighted by molar-refractivity contribution is 6.99. The normalized spacial score (nSPS) is 20.7. The van der Waals surface area contributed by atoms with Crippen LogP contribution in [0.15, 0.2) is 76.4 Å². The summed E-state index contributed by atoms with van der Waals surface area (Å²) < 4.78 is 26.9. The molecule has 2 aromatic carbocycles. The third-order valence-corrected chi connectivity index (χ3v) is 12.3. The van der Waals surface area contributed by atoms with Gasteiger partial charge in [-0.3, -0.25) is 14.3 Å². The van der Waals surface area contributed by atoms with Crippen LogP contribution in [0, 0.1) is 6.92 Å². The number of hydrogen-bond acceptors (Lipinski definition) is 6. The lowest BCUT2D eigenvalue weighted by Gasteiger charge is -2.43. The smallest absolute Gasteiger partial charge is 0.330 e. The molecular formula is C30H40N2O6Si. The number of H-pyrrole nitrogens is 1. The van der Waals surface area contributed by atoms with Crippen molar-refractivity contribution in [3.8, 4) is 0 Å². The molecule has 9 heteroatoms. The number of aromatic amines is 1. The van der Waals surface area contributed by atoms with E-state index in [1.165, 1.54) is 14.9 Å². The van der Waals surface area contributed by atoms with Gasteiger partial charge in [-0.2, -0.15) is 0 Å². The van der Waals surface area contributed by atoms with Gasteiger partial charge in [0, 0.05) is 24.8 Å². The Morgan fingerprint density at radius 2 is 1.64 bits per heavy atom. The largest absolute Gasteiger partial charge is 0.405 e. The SMILES string of the molecule is CCO[C@H](C)OC1C[C@H](n2cc(C)c(=O)[nH]c2=O)O[C@@H]1CO[Si](c1ccccc1)(c1ccccc1)C(C)(C)C. The number of hydrogen-bond donors (Lipinski definition) is 1. The molecule has 1 N–H and O–H groups in total. The van der Waals surface area contributed by atoms with Crippen LogP contribution in [0.4, 0.5) is 0 Å². The molecule has 1 aliphatic rings. The first-order valence-electron chi connectivity index (χ1n) is 13.6. The molecule has 8 nitrogen and oxygen atoms in total. The number of nitrogens with zero attached hydrogens (tertiary/aromatic N) is 1. The number of rotatable bonds is 10. The molecule has 210 valence electrons. The van der Waals surface area contributed by atoms with Gasteiger partial charge in [-0.1, -0.05) is 81.4 Å². The van der Waals surface area contributed by atoms with Crippen LogP contribution in [0.25, 0.3) is 0 Å². The van der Waals surface area contributed by atoms with Crippen molar-refractivity contribution in [3.63, 3.8) is 0 Å². The molecular weight excluding hydrogens is 512 g/mol. The summed E-state index contributed by atoms with van der Waals surface area (Å²) in [7, 11) is -2.81. The van der Waals surface area contributed by atoms with Crippen molar-refractivity contribution in [1.82, 2.24) is 9.55 Å². The molecule has 1 aliphatic heterocycles. The molecule has 39 heavy (non-hydrogen) atoms. The second-order valence-corrected chi connectivity index (χ2v) is 15.3. The number of nitrogens with one attached hydrogen (secondary N) is 1. The Morgan fingerprint density at radius 3 is 2.18 bits per heavy atom. The van der Waals surface area contributed by atoms with Crippen molar-refractivity contribution in [2.45, 2.75) is 77.7 Å². The summed E-state index contributed by atoms with van der Waals surface area (Å²) in [4.78, 5) is 27.0. The first kappa shape index (κ1) is 29.2. The third-order valence-electron chi connectivity index (χ3n) is 7.29. The maximum Gasteiger partial charge on any atom is 0.330 e. The van der Waals surface area contributed by atoms with Gasteiger partial charge in [0.1, 0.15) is 12.3 Å². The minimum Gasteiger partial charge on any atom is -0.405 e. The Morgan fingerprint density at radius 1 is 1.05 bits per heavy atom. The average Bonchev–Trinajstić information content (AvgIpc) is 3.29. The van der Waals surface area contributed by atoms with Gasteiger partial charge >= 0.3 is 5.69 Å². The topological polar surface area (TPSA) is 91.8 Å². The highest BCUT2D eigenvalue weighted by Crippen LogP contribution is 2.38. The zero-order valence-electron chi connectivity index (χ0n) is 23.7. The van der Waals surface area contributed by atoms with E-state index in [1.54, 1.807) is 13.1 Å². The summed E-state index contributed by atoms with van der Waals surface area (Å²) >= 11 is 0. The fourth-order valence-corrected chi connectivity index (χ4v) is 10.0. The van der Waals surface area contributed by atoms with Gasteiger partial charge < -0.3 is 18.6 Å². The van der Waals surface area contributed by atoms with Crippen molar-refractivity contribution >= 4 is 18.7 Å². The van der Waals surface area contributed by atoms with Gasteiger partial charge in [0.25, 0.3) is 13.9 Å². The Bertz CT molecular complexity index is 1300. The Balaban J connectivity index is 1.70. The summed E-state index contributed by atoms with van der Waals surface area (Å²) in [5, 5.41) is 2.15. The molecule has 0 aliphatic carbocycles. The lowest BCUT2D eigenvalue weighted by atomic mass is 10.2. The fourth-order valence-electron chi connectivity index (χ4n) is 5.45. The summed E-state index contributed by atoms with van der Waals surface area (Å²) in [5.41, 5.74) is -0.482. The Hall–Kier alpha value is -2.82. The number of benzene rings is 2. The van der Waals surface area contributed by atoms with E-state index >= 15 is 0 Å². The number of aryl methyl sites for hydroxylation is 1. The first-order chi connectivity index (χ1) is 18.6. The fraction of sp³-hybridized carbons (Fsp3) is 0.467. The van der Waals surface area contributed by atoms with E-state index in [4.69, 9.17) is 18.6 Å². The highest BCUT2D eigenvalue weighted by Gasteiger charge is 2.51. The quantitative estimate of drug-likeness (QED) is 0.306. The molecule has 0 bridgehead atoms. The summed E-state index contributed by atoms with van der Waals surface area (Å²) in [5.74, 6) is 0. The molecule has 1 saturated heterocycles. The second kappa shape index (κ2) is 12.1. The van der Waals surface area contributed by atoms with E-state index in [-0.39, 0.29) is 17.7 Å². The van der Waals surface area contributed by atoms with Crippen molar-refractivity contribution < 1.29 is 18.6 Å².